The number of ether oxygens (including phenoxy) is 1. The third-order valence-electron chi connectivity index (χ3n) is 2.99. The maximum Gasteiger partial charge on any atom is 0.251 e. The Kier molecular flexibility index (Phi) is 6.17. The van der Waals surface area contributed by atoms with Crippen LogP contribution in [0.4, 0.5) is 0 Å². The van der Waals surface area contributed by atoms with Gasteiger partial charge in [0.05, 0.1) is 7.11 Å². The van der Waals surface area contributed by atoms with E-state index in [1.54, 1.807) is 0 Å². The first-order valence-corrected chi connectivity index (χ1v) is 8.20. The van der Waals surface area contributed by atoms with Crippen LogP contribution in [0.2, 0.25) is 0 Å². The highest BCUT2D eigenvalue weighted by molar-refractivity contribution is 7.89. The molecule has 2 N–H and O–H groups in total. The molecule has 0 aliphatic heterocycles. The summed E-state index contributed by atoms with van der Waals surface area (Å²) >= 11 is 0. The van der Waals surface area contributed by atoms with E-state index in [0.29, 0.717) is 12.5 Å². The van der Waals surface area contributed by atoms with Crippen molar-refractivity contribution in [2.45, 2.75) is 25.2 Å². The first-order chi connectivity index (χ1) is 9.81. The lowest BCUT2D eigenvalue weighted by Gasteiger charge is -2.11. The third-order valence-corrected chi connectivity index (χ3v) is 4.43. The highest BCUT2D eigenvalue weighted by atomic mass is 32.2. The second-order valence-corrected chi connectivity index (χ2v) is 6.87. The fourth-order valence-electron chi connectivity index (χ4n) is 1.71. The first kappa shape index (κ1) is 17.5. The van der Waals surface area contributed by atoms with Crippen molar-refractivity contribution in [1.82, 2.24) is 10.0 Å². The monoisotopic (exact) mass is 314 g/mol. The van der Waals surface area contributed by atoms with E-state index in [9.17, 15) is 13.2 Å². The van der Waals surface area contributed by atoms with Gasteiger partial charge in [-0.25, -0.2) is 13.1 Å². The van der Waals surface area contributed by atoms with E-state index in [1.807, 2.05) is 0 Å². The van der Waals surface area contributed by atoms with Gasteiger partial charge in [0.25, 0.3) is 5.91 Å². The van der Waals surface area contributed by atoms with Crippen molar-refractivity contribution in [2.24, 2.45) is 5.92 Å². The molecule has 0 unspecified atom stereocenters. The minimum Gasteiger partial charge on any atom is -0.495 e. The lowest BCUT2D eigenvalue weighted by Crippen LogP contribution is -2.26. The molecule has 0 radical (unpaired) electrons. The van der Waals surface area contributed by atoms with Gasteiger partial charge in [-0.3, -0.25) is 4.79 Å². The van der Waals surface area contributed by atoms with Crippen molar-refractivity contribution in [3.63, 3.8) is 0 Å². The SMILES string of the molecule is CNS(=O)(=O)c1cc(C(=O)NCCC(C)C)ccc1OC. The number of benzene rings is 1. The summed E-state index contributed by atoms with van der Waals surface area (Å²) in [4.78, 5) is 12.0. The molecule has 1 amide bonds. The molecular formula is C14H22N2O4S. The standard InChI is InChI=1S/C14H22N2O4S/c1-10(2)7-8-16-14(17)11-5-6-12(20-4)13(9-11)21(18,19)15-3/h5-6,9-10,15H,7-8H2,1-4H3,(H,16,17). The van der Waals surface area contributed by atoms with E-state index in [1.165, 1.54) is 32.4 Å². The molecule has 0 aliphatic carbocycles. The smallest absolute Gasteiger partial charge is 0.251 e. The predicted octanol–water partition coefficient (Wildman–Crippen LogP) is 1.38. The number of rotatable bonds is 7. The summed E-state index contributed by atoms with van der Waals surface area (Å²) < 4.78 is 31.1. The average Bonchev–Trinajstić information content (AvgIpc) is 2.46. The number of carbonyl (C=O) groups is 1. The second-order valence-electron chi connectivity index (χ2n) is 5.01. The van der Waals surface area contributed by atoms with E-state index in [4.69, 9.17) is 4.74 Å². The van der Waals surface area contributed by atoms with Crippen molar-refractivity contribution in [3.8, 4) is 5.75 Å². The zero-order chi connectivity index (χ0) is 16.0. The normalized spacial score (nSPS) is 11.5. The molecule has 1 aromatic carbocycles. The average molecular weight is 314 g/mol. The second kappa shape index (κ2) is 7.42. The Morgan fingerprint density at radius 3 is 2.52 bits per heavy atom. The van der Waals surface area contributed by atoms with Gasteiger partial charge in [0.1, 0.15) is 10.6 Å². The van der Waals surface area contributed by atoms with Crippen molar-refractivity contribution < 1.29 is 17.9 Å². The number of hydrogen-bond donors (Lipinski definition) is 2. The van der Waals surface area contributed by atoms with Crippen LogP contribution in [0.15, 0.2) is 23.1 Å². The molecule has 0 aromatic heterocycles. The van der Waals surface area contributed by atoms with Gasteiger partial charge in [-0.2, -0.15) is 0 Å². The summed E-state index contributed by atoms with van der Waals surface area (Å²) in [6.07, 6.45) is 0.865. The van der Waals surface area contributed by atoms with Gasteiger partial charge in [-0.05, 0) is 37.6 Å². The summed E-state index contributed by atoms with van der Waals surface area (Å²) in [5.41, 5.74) is 0.286. The minimum absolute atomic E-state index is 0.0518. The lowest BCUT2D eigenvalue weighted by molar-refractivity contribution is 0.0951. The van der Waals surface area contributed by atoms with Crippen molar-refractivity contribution in [3.05, 3.63) is 23.8 Å². The van der Waals surface area contributed by atoms with Crippen LogP contribution in [0.25, 0.3) is 0 Å². The number of carbonyl (C=O) groups excluding carboxylic acids is 1. The predicted molar refractivity (Wildman–Crippen MR) is 81.0 cm³/mol. The Labute approximate surface area is 125 Å². The molecule has 118 valence electrons. The molecule has 0 bridgehead atoms. The minimum atomic E-state index is -3.69. The lowest BCUT2D eigenvalue weighted by atomic mass is 10.1. The highest BCUT2D eigenvalue weighted by Gasteiger charge is 2.20. The molecule has 1 rings (SSSR count). The van der Waals surface area contributed by atoms with Crippen LogP contribution in [-0.4, -0.2) is 35.0 Å². The molecule has 6 nitrogen and oxygen atoms in total. The Bertz CT molecular complexity index is 597. The van der Waals surface area contributed by atoms with Crippen LogP contribution in [-0.2, 0) is 10.0 Å². The Morgan fingerprint density at radius 1 is 1.33 bits per heavy atom. The zero-order valence-corrected chi connectivity index (χ0v) is 13.6. The van der Waals surface area contributed by atoms with Crippen LogP contribution in [0.5, 0.6) is 5.75 Å². The van der Waals surface area contributed by atoms with E-state index < -0.39 is 10.0 Å². The van der Waals surface area contributed by atoms with Gasteiger partial charge in [0.15, 0.2) is 0 Å². The molecule has 0 aliphatic rings. The topological polar surface area (TPSA) is 84.5 Å². The quantitative estimate of drug-likeness (QED) is 0.796. The van der Waals surface area contributed by atoms with Gasteiger partial charge in [-0.15, -0.1) is 0 Å². The van der Waals surface area contributed by atoms with Gasteiger partial charge >= 0.3 is 0 Å². The van der Waals surface area contributed by atoms with Crippen LogP contribution < -0.4 is 14.8 Å². The molecule has 0 atom stereocenters. The van der Waals surface area contributed by atoms with Crippen LogP contribution >= 0.6 is 0 Å². The summed E-state index contributed by atoms with van der Waals surface area (Å²) in [5, 5.41) is 2.77. The maximum atomic E-state index is 12.0. The van der Waals surface area contributed by atoms with Gasteiger partial charge in [0.2, 0.25) is 10.0 Å². The molecule has 21 heavy (non-hydrogen) atoms. The highest BCUT2D eigenvalue weighted by Crippen LogP contribution is 2.24. The van der Waals surface area contributed by atoms with Crippen molar-refractivity contribution >= 4 is 15.9 Å². The van der Waals surface area contributed by atoms with Crippen LogP contribution in [0.1, 0.15) is 30.6 Å². The van der Waals surface area contributed by atoms with E-state index in [-0.39, 0.29) is 22.1 Å². The van der Waals surface area contributed by atoms with Crippen LogP contribution in [0, 0.1) is 5.92 Å². The summed E-state index contributed by atoms with van der Waals surface area (Å²) in [7, 11) is -0.995. The van der Waals surface area contributed by atoms with Gasteiger partial charge in [-0.1, -0.05) is 13.8 Å². The van der Waals surface area contributed by atoms with Gasteiger partial charge in [0, 0.05) is 12.1 Å². The summed E-state index contributed by atoms with van der Waals surface area (Å²) in [5.74, 6) is 0.385. The molecule has 0 heterocycles. The molecular weight excluding hydrogens is 292 g/mol. The fourth-order valence-corrected chi connectivity index (χ4v) is 2.63. The van der Waals surface area contributed by atoms with E-state index in [0.717, 1.165) is 6.42 Å². The van der Waals surface area contributed by atoms with E-state index >= 15 is 0 Å². The number of amides is 1. The number of methoxy groups -OCH3 is 1. The maximum absolute atomic E-state index is 12.0. The molecule has 0 spiro atoms. The summed E-state index contributed by atoms with van der Waals surface area (Å²) in [6.45, 7) is 4.69. The number of hydrogen-bond acceptors (Lipinski definition) is 4. The number of nitrogens with one attached hydrogen (secondary N) is 2. The van der Waals surface area contributed by atoms with E-state index in [2.05, 4.69) is 23.9 Å². The Balaban J connectivity index is 3.00. The number of sulfonamides is 1. The first-order valence-electron chi connectivity index (χ1n) is 6.71. The Hall–Kier alpha value is -1.60. The third kappa shape index (κ3) is 4.71. The van der Waals surface area contributed by atoms with Gasteiger partial charge < -0.3 is 10.1 Å². The van der Waals surface area contributed by atoms with Crippen LogP contribution in [0.3, 0.4) is 0 Å². The molecule has 0 saturated carbocycles. The molecule has 1 aromatic rings. The van der Waals surface area contributed by atoms with Crippen molar-refractivity contribution in [1.29, 1.82) is 0 Å². The largest absolute Gasteiger partial charge is 0.495 e. The van der Waals surface area contributed by atoms with Crippen molar-refractivity contribution in [2.75, 3.05) is 20.7 Å². The Morgan fingerprint density at radius 2 is 2.00 bits per heavy atom. The molecule has 0 saturated heterocycles. The molecule has 0 fully saturated rings. The fraction of sp³-hybridized carbons (Fsp3) is 0.500. The zero-order valence-electron chi connectivity index (χ0n) is 12.8. The summed E-state index contributed by atoms with van der Waals surface area (Å²) in [6, 6.07) is 4.33. The molecule has 7 heteroatoms.